The third-order valence-corrected chi connectivity index (χ3v) is 3.23. The molecular weight excluding hydrogens is 331 g/mol. The van der Waals surface area contributed by atoms with Crippen molar-refractivity contribution in [3.63, 3.8) is 0 Å². The molecule has 0 aromatic heterocycles. The predicted octanol–water partition coefficient (Wildman–Crippen LogP) is 4.72. The van der Waals surface area contributed by atoms with Gasteiger partial charge in [0.05, 0.1) is 19.2 Å². The number of anilines is 1. The summed E-state index contributed by atoms with van der Waals surface area (Å²) >= 11 is 5.69. The van der Waals surface area contributed by atoms with Gasteiger partial charge in [-0.25, -0.2) is 0 Å². The van der Waals surface area contributed by atoms with E-state index >= 15 is 0 Å². The van der Waals surface area contributed by atoms with Crippen LogP contribution in [0.5, 0.6) is 5.75 Å². The van der Waals surface area contributed by atoms with Crippen molar-refractivity contribution in [3.8, 4) is 5.75 Å². The van der Waals surface area contributed by atoms with E-state index in [1.54, 1.807) is 24.3 Å². The normalized spacial score (nSPS) is 11.2. The largest absolute Gasteiger partial charge is 0.497 e. The molecule has 0 heterocycles. The van der Waals surface area contributed by atoms with Gasteiger partial charge in [0.25, 0.3) is 5.78 Å². The third kappa shape index (κ3) is 4.39. The zero-order valence-electron chi connectivity index (χ0n) is 11.9. The van der Waals surface area contributed by atoms with Gasteiger partial charge in [0.15, 0.2) is 0 Å². The monoisotopic (exact) mass is 342 g/mol. The van der Waals surface area contributed by atoms with Gasteiger partial charge in [-0.15, -0.1) is 0 Å². The molecule has 2 aromatic rings. The Labute approximate surface area is 136 Å². The van der Waals surface area contributed by atoms with Gasteiger partial charge in [-0.1, -0.05) is 23.7 Å². The number of methoxy groups -OCH3 is 1. The molecule has 0 atom stereocenters. The summed E-state index contributed by atoms with van der Waals surface area (Å²) in [5.74, 6) is -1.30. The number of ether oxygens (including phenoxy) is 1. The average molecular weight is 343 g/mol. The summed E-state index contributed by atoms with van der Waals surface area (Å²) in [5.41, 5.74) is 0.188. The molecule has 2 rings (SSSR count). The Bertz CT molecular complexity index is 699. The zero-order chi connectivity index (χ0) is 17.0. The number of ketones is 1. The molecule has 3 nitrogen and oxygen atoms in total. The van der Waals surface area contributed by atoms with E-state index in [4.69, 9.17) is 16.3 Å². The minimum absolute atomic E-state index is 0.0209. The van der Waals surface area contributed by atoms with E-state index in [0.29, 0.717) is 11.3 Å². The first kappa shape index (κ1) is 17.1. The number of halogens is 4. The van der Waals surface area contributed by atoms with Crippen molar-refractivity contribution in [2.75, 3.05) is 12.4 Å². The van der Waals surface area contributed by atoms with Crippen molar-refractivity contribution in [3.05, 3.63) is 65.2 Å². The van der Waals surface area contributed by atoms with Gasteiger partial charge < -0.3 is 10.1 Å². The van der Waals surface area contributed by atoms with Gasteiger partial charge in [0, 0.05) is 10.7 Å². The van der Waals surface area contributed by atoms with Crippen LogP contribution in [0, 0.1) is 6.54 Å². The van der Waals surface area contributed by atoms with Gasteiger partial charge >= 0.3 is 6.18 Å². The molecule has 0 amide bonds. The van der Waals surface area contributed by atoms with Crippen LogP contribution < -0.4 is 10.1 Å². The van der Waals surface area contributed by atoms with E-state index in [-0.39, 0.29) is 10.7 Å². The molecule has 0 saturated carbocycles. The molecule has 0 bridgehead atoms. The quantitative estimate of drug-likeness (QED) is 0.799. The minimum atomic E-state index is -4.97. The molecule has 0 spiro atoms. The number of nitrogens with one attached hydrogen (secondary N) is 1. The maximum atomic E-state index is 12.6. The standard InChI is InChI=1S/C16H12ClF3NO2/c1-23-12-5-2-10(3-6-12)9-21-14-7-4-11(17)8-13(14)15(22)16(18,19)20/h2-9,21H,1H3. The van der Waals surface area contributed by atoms with Crippen LogP contribution in [0.4, 0.5) is 18.9 Å². The van der Waals surface area contributed by atoms with Crippen molar-refractivity contribution in [2.45, 2.75) is 6.18 Å². The molecule has 0 saturated heterocycles. The Morgan fingerprint density at radius 1 is 1.17 bits per heavy atom. The molecule has 7 heteroatoms. The van der Waals surface area contributed by atoms with E-state index in [2.05, 4.69) is 5.32 Å². The Hall–Kier alpha value is -2.21. The lowest BCUT2D eigenvalue weighted by molar-refractivity contribution is -0.0884. The number of hydrogen-bond acceptors (Lipinski definition) is 3. The summed E-state index contributed by atoms with van der Waals surface area (Å²) in [6, 6.07) is 10.6. The summed E-state index contributed by atoms with van der Waals surface area (Å²) in [7, 11) is 1.53. The Morgan fingerprint density at radius 3 is 2.39 bits per heavy atom. The van der Waals surface area contributed by atoms with Crippen LogP contribution in [0.1, 0.15) is 15.9 Å². The highest BCUT2D eigenvalue weighted by Crippen LogP contribution is 2.29. The first-order valence-electron chi connectivity index (χ1n) is 6.46. The smallest absolute Gasteiger partial charge is 0.454 e. The molecule has 0 aliphatic heterocycles. The van der Waals surface area contributed by atoms with Crippen molar-refractivity contribution in [1.29, 1.82) is 0 Å². The van der Waals surface area contributed by atoms with Crippen molar-refractivity contribution in [1.82, 2.24) is 0 Å². The van der Waals surface area contributed by atoms with Crippen molar-refractivity contribution >= 4 is 23.1 Å². The highest BCUT2D eigenvalue weighted by molar-refractivity contribution is 6.31. The molecule has 0 aliphatic rings. The number of carbonyl (C=O) groups is 1. The van der Waals surface area contributed by atoms with E-state index in [9.17, 15) is 18.0 Å². The maximum Gasteiger partial charge on any atom is 0.454 e. The van der Waals surface area contributed by atoms with Crippen LogP contribution >= 0.6 is 11.6 Å². The molecule has 23 heavy (non-hydrogen) atoms. The fourth-order valence-corrected chi connectivity index (χ4v) is 2.02. The van der Waals surface area contributed by atoms with Gasteiger partial charge in [-0.2, -0.15) is 13.2 Å². The number of rotatable bonds is 5. The van der Waals surface area contributed by atoms with Crippen LogP contribution in [-0.2, 0) is 0 Å². The fourth-order valence-electron chi connectivity index (χ4n) is 1.84. The summed E-state index contributed by atoms with van der Waals surface area (Å²) in [5, 5.41) is 2.75. The van der Waals surface area contributed by atoms with E-state index in [1.807, 2.05) is 0 Å². The maximum absolute atomic E-state index is 12.6. The summed E-state index contributed by atoms with van der Waals surface area (Å²) in [6.45, 7) is 1.48. The zero-order valence-corrected chi connectivity index (χ0v) is 12.7. The van der Waals surface area contributed by atoms with E-state index in [1.165, 1.54) is 25.8 Å². The lowest BCUT2D eigenvalue weighted by atomic mass is 10.1. The first-order valence-corrected chi connectivity index (χ1v) is 6.84. The number of benzene rings is 2. The minimum Gasteiger partial charge on any atom is -0.497 e. The van der Waals surface area contributed by atoms with Crippen LogP contribution in [0.25, 0.3) is 0 Å². The lowest BCUT2D eigenvalue weighted by Gasteiger charge is -2.13. The molecular formula is C16H12ClF3NO2. The van der Waals surface area contributed by atoms with Crippen LogP contribution in [-0.4, -0.2) is 19.1 Å². The number of carbonyl (C=O) groups excluding carboxylic acids is 1. The average Bonchev–Trinajstić information content (AvgIpc) is 2.52. The first-order chi connectivity index (χ1) is 10.8. The van der Waals surface area contributed by atoms with E-state index in [0.717, 1.165) is 6.07 Å². The lowest BCUT2D eigenvalue weighted by Crippen LogP contribution is -2.23. The second-order valence-corrected chi connectivity index (χ2v) is 5.02. The fraction of sp³-hybridized carbons (Fsp3) is 0.125. The number of alkyl halides is 3. The summed E-state index contributed by atoms with van der Waals surface area (Å²) in [6.07, 6.45) is -4.97. The molecule has 0 fully saturated rings. The Morgan fingerprint density at radius 2 is 1.83 bits per heavy atom. The molecule has 1 radical (unpaired) electrons. The van der Waals surface area contributed by atoms with Crippen LogP contribution in [0.2, 0.25) is 5.02 Å². The van der Waals surface area contributed by atoms with Crippen molar-refractivity contribution in [2.24, 2.45) is 0 Å². The highest BCUT2D eigenvalue weighted by atomic mass is 35.5. The van der Waals surface area contributed by atoms with Crippen LogP contribution in [0.3, 0.4) is 0 Å². The molecule has 0 unspecified atom stereocenters. The number of hydrogen-bond donors (Lipinski definition) is 1. The van der Waals surface area contributed by atoms with Crippen molar-refractivity contribution < 1.29 is 22.7 Å². The molecule has 2 aromatic carbocycles. The predicted molar refractivity (Wildman–Crippen MR) is 81.9 cm³/mol. The van der Waals surface area contributed by atoms with Gasteiger partial charge in [-0.05, 0) is 35.9 Å². The molecule has 0 aliphatic carbocycles. The van der Waals surface area contributed by atoms with Gasteiger partial charge in [0.1, 0.15) is 5.75 Å². The topological polar surface area (TPSA) is 38.3 Å². The third-order valence-electron chi connectivity index (χ3n) is 2.99. The van der Waals surface area contributed by atoms with Gasteiger partial charge in [0.2, 0.25) is 0 Å². The van der Waals surface area contributed by atoms with Gasteiger partial charge in [-0.3, -0.25) is 4.79 Å². The second kappa shape index (κ2) is 6.91. The number of Topliss-reactive ketones (excluding diaryl/α,β-unsaturated/α-hetero) is 1. The molecule has 1 N–H and O–H groups in total. The Kier molecular flexibility index (Phi) is 5.15. The Balaban J connectivity index is 2.20. The second-order valence-electron chi connectivity index (χ2n) is 4.58. The van der Waals surface area contributed by atoms with Crippen LogP contribution in [0.15, 0.2) is 42.5 Å². The molecule has 121 valence electrons. The SMILES string of the molecule is COc1ccc([CH]Nc2ccc(Cl)cc2C(=O)C(F)(F)F)cc1. The summed E-state index contributed by atoms with van der Waals surface area (Å²) in [4.78, 5) is 11.5. The van der Waals surface area contributed by atoms with E-state index < -0.39 is 17.5 Å². The highest BCUT2D eigenvalue weighted by Gasteiger charge is 2.40. The summed E-state index contributed by atoms with van der Waals surface area (Å²) < 4.78 is 43.0.